The lowest BCUT2D eigenvalue weighted by molar-refractivity contribution is -0.0567. The van der Waals surface area contributed by atoms with Crippen molar-refractivity contribution < 1.29 is 4.74 Å². The van der Waals surface area contributed by atoms with Gasteiger partial charge in [-0.2, -0.15) is 0 Å². The van der Waals surface area contributed by atoms with Crippen LogP contribution in [0, 0.1) is 23.7 Å². The number of benzene rings is 1. The molecule has 0 saturated heterocycles. The molecule has 0 heterocycles. The fourth-order valence-corrected chi connectivity index (χ4v) is 5.85. The molecule has 2 nitrogen and oxygen atoms in total. The van der Waals surface area contributed by atoms with Gasteiger partial charge in [-0.3, -0.25) is 0 Å². The van der Waals surface area contributed by atoms with Gasteiger partial charge in [0.05, 0.1) is 7.11 Å². The molecule has 1 aromatic carbocycles. The molecule has 0 spiro atoms. The average Bonchev–Trinajstić information content (AvgIpc) is 2.48. The van der Waals surface area contributed by atoms with Gasteiger partial charge in [-0.1, -0.05) is 12.1 Å². The van der Waals surface area contributed by atoms with Crippen molar-refractivity contribution in [1.29, 1.82) is 0 Å². The molecule has 4 bridgehead atoms. The van der Waals surface area contributed by atoms with E-state index in [-0.39, 0.29) is 5.41 Å². The number of hydrogen-bond donors (Lipinski definition) is 1. The molecule has 0 aliphatic heterocycles. The Balaban J connectivity index is 1.75. The van der Waals surface area contributed by atoms with Crippen LogP contribution in [0.2, 0.25) is 0 Å². The predicted molar refractivity (Wildman–Crippen MR) is 80.8 cm³/mol. The lowest BCUT2D eigenvalue weighted by Gasteiger charge is -2.61. The summed E-state index contributed by atoms with van der Waals surface area (Å²) < 4.78 is 5.31. The van der Waals surface area contributed by atoms with Crippen molar-refractivity contribution >= 4 is 0 Å². The highest BCUT2D eigenvalue weighted by Gasteiger charge is 2.56. The zero-order chi connectivity index (χ0) is 13.7. The molecule has 0 unspecified atom stereocenters. The first-order valence-electron chi connectivity index (χ1n) is 8.11. The maximum atomic E-state index is 6.36. The van der Waals surface area contributed by atoms with E-state index in [1.807, 2.05) is 0 Å². The van der Waals surface area contributed by atoms with Gasteiger partial charge in [-0.05, 0) is 73.5 Å². The summed E-state index contributed by atoms with van der Waals surface area (Å²) in [6, 6.07) is 8.76. The standard InChI is InChI=1S/C18H25NO/c1-20-17-4-2-14(3-5-17)18(11-19)15-7-12-6-13(9-15)10-16(18)8-12/h2-5,12-13,15-16H,6-11,19H2,1H3. The van der Waals surface area contributed by atoms with Crippen molar-refractivity contribution in [3.63, 3.8) is 0 Å². The second-order valence-electron chi connectivity index (χ2n) is 7.28. The van der Waals surface area contributed by atoms with Crippen LogP contribution in [0.15, 0.2) is 24.3 Å². The van der Waals surface area contributed by atoms with E-state index in [1.54, 1.807) is 7.11 Å². The third kappa shape index (κ3) is 1.60. The molecule has 1 aromatic rings. The van der Waals surface area contributed by atoms with Gasteiger partial charge in [-0.15, -0.1) is 0 Å². The predicted octanol–water partition coefficient (Wildman–Crippen LogP) is 3.35. The Kier molecular flexibility index (Phi) is 2.85. The van der Waals surface area contributed by atoms with Crippen LogP contribution >= 0.6 is 0 Å². The highest BCUT2D eigenvalue weighted by atomic mass is 16.5. The number of hydrogen-bond acceptors (Lipinski definition) is 2. The Labute approximate surface area is 121 Å². The van der Waals surface area contributed by atoms with Gasteiger partial charge in [0.25, 0.3) is 0 Å². The second-order valence-corrected chi connectivity index (χ2v) is 7.28. The fourth-order valence-electron chi connectivity index (χ4n) is 5.85. The zero-order valence-electron chi connectivity index (χ0n) is 12.3. The molecule has 0 radical (unpaired) electrons. The molecule has 4 fully saturated rings. The number of rotatable bonds is 3. The highest BCUT2D eigenvalue weighted by Crippen LogP contribution is 2.62. The Morgan fingerprint density at radius 1 is 1.00 bits per heavy atom. The van der Waals surface area contributed by atoms with Crippen molar-refractivity contribution in [2.75, 3.05) is 13.7 Å². The first kappa shape index (κ1) is 12.7. The first-order chi connectivity index (χ1) is 9.76. The van der Waals surface area contributed by atoms with E-state index < -0.39 is 0 Å². The summed E-state index contributed by atoms with van der Waals surface area (Å²) in [5, 5.41) is 0. The third-order valence-corrected chi connectivity index (χ3v) is 6.56. The first-order valence-corrected chi connectivity index (χ1v) is 8.11. The Bertz CT molecular complexity index is 465. The number of methoxy groups -OCH3 is 1. The van der Waals surface area contributed by atoms with E-state index in [4.69, 9.17) is 10.5 Å². The fraction of sp³-hybridized carbons (Fsp3) is 0.667. The summed E-state index contributed by atoms with van der Waals surface area (Å²) in [5.41, 5.74) is 8.08. The Hall–Kier alpha value is -1.02. The second kappa shape index (κ2) is 4.49. The maximum Gasteiger partial charge on any atom is 0.118 e. The van der Waals surface area contributed by atoms with Gasteiger partial charge in [0.15, 0.2) is 0 Å². The molecule has 4 aliphatic carbocycles. The van der Waals surface area contributed by atoms with E-state index in [0.717, 1.165) is 36.0 Å². The van der Waals surface area contributed by atoms with Crippen LogP contribution in [0.3, 0.4) is 0 Å². The van der Waals surface area contributed by atoms with Gasteiger partial charge >= 0.3 is 0 Å². The topological polar surface area (TPSA) is 35.2 Å². The molecule has 0 aromatic heterocycles. The highest BCUT2D eigenvalue weighted by molar-refractivity contribution is 5.36. The molecule has 20 heavy (non-hydrogen) atoms. The summed E-state index contributed by atoms with van der Waals surface area (Å²) in [4.78, 5) is 0. The van der Waals surface area contributed by atoms with Gasteiger partial charge in [0.2, 0.25) is 0 Å². The molecule has 5 rings (SSSR count). The van der Waals surface area contributed by atoms with E-state index in [1.165, 1.54) is 37.7 Å². The molecular formula is C18H25NO. The smallest absolute Gasteiger partial charge is 0.118 e. The normalized spacial score (nSPS) is 41.9. The third-order valence-electron chi connectivity index (χ3n) is 6.56. The Morgan fingerprint density at radius 2 is 1.55 bits per heavy atom. The maximum absolute atomic E-state index is 6.36. The molecule has 108 valence electrons. The van der Waals surface area contributed by atoms with E-state index in [9.17, 15) is 0 Å². The Morgan fingerprint density at radius 3 is 2.00 bits per heavy atom. The summed E-state index contributed by atoms with van der Waals surface area (Å²) in [6.07, 6.45) is 7.15. The van der Waals surface area contributed by atoms with Crippen LogP contribution < -0.4 is 10.5 Å². The van der Waals surface area contributed by atoms with Crippen molar-refractivity contribution in [3.05, 3.63) is 29.8 Å². The average molecular weight is 271 g/mol. The van der Waals surface area contributed by atoms with Crippen LogP contribution in [0.4, 0.5) is 0 Å². The summed E-state index contributed by atoms with van der Waals surface area (Å²) in [6.45, 7) is 0.814. The molecule has 0 atom stereocenters. The van der Waals surface area contributed by atoms with Gasteiger partial charge in [0.1, 0.15) is 5.75 Å². The van der Waals surface area contributed by atoms with E-state index in [0.29, 0.717) is 0 Å². The van der Waals surface area contributed by atoms with Gasteiger partial charge in [-0.25, -0.2) is 0 Å². The van der Waals surface area contributed by atoms with Crippen molar-refractivity contribution in [2.45, 2.75) is 37.5 Å². The van der Waals surface area contributed by atoms with Crippen LogP contribution in [0.5, 0.6) is 5.75 Å². The zero-order valence-corrected chi connectivity index (χ0v) is 12.3. The van der Waals surface area contributed by atoms with Crippen LogP contribution in [-0.2, 0) is 5.41 Å². The molecule has 4 saturated carbocycles. The minimum absolute atomic E-state index is 0.250. The van der Waals surface area contributed by atoms with Gasteiger partial charge < -0.3 is 10.5 Å². The van der Waals surface area contributed by atoms with E-state index in [2.05, 4.69) is 24.3 Å². The minimum atomic E-state index is 0.250. The quantitative estimate of drug-likeness (QED) is 0.915. The monoisotopic (exact) mass is 271 g/mol. The summed E-state index contributed by atoms with van der Waals surface area (Å²) in [7, 11) is 1.73. The number of ether oxygens (including phenoxy) is 1. The lowest BCUT2D eigenvalue weighted by atomic mass is 9.44. The summed E-state index contributed by atoms with van der Waals surface area (Å²) in [5.74, 6) is 4.57. The van der Waals surface area contributed by atoms with Crippen LogP contribution in [0.25, 0.3) is 0 Å². The van der Waals surface area contributed by atoms with Crippen molar-refractivity contribution in [1.82, 2.24) is 0 Å². The molecule has 2 heteroatoms. The molecular weight excluding hydrogens is 246 g/mol. The molecule has 2 N–H and O–H groups in total. The van der Waals surface area contributed by atoms with Crippen LogP contribution in [0.1, 0.15) is 37.7 Å². The summed E-state index contributed by atoms with van der Waals surface area (Å²) >= 11 is 0. The lowest BCUT2D eigenvalue weighted by Crippen LogP contribution is -2.58. The minimum Gasteiger partial charge on any atom is -0.497 e. The van der Waals surface area contributed by atoms with E-state index >= 15 is 0 Å². The van der Waals surface area contributed by atoms with Gasteiger partial charge in [0, 0.05) is 12.0 Å². The SMILES string of the molecule is COc1ccc(C2(CN)C3CC4CC(C3)CC2C4)cc1. The van der Waals surface area contributed by atoms with Crippen molar-refractivity contribution in [2.24, 2.45) is 29.4 Å². The van der Waals surface area contributed by atoms with Crippen molar-refractivity contribution in [3.8, 4) is 5.75 Å². The number of nitrogens with two attached hydrogens (primary N) is 1. The molecule has 4 aliphatic rings. The molecule has 0 amide bonds. The largest absolute Gasteiger partial charge is 0.497 e. The van der Waals surface area contributed by atoms with Crippen LogP contribution in [-0.4, -0.2) is 13.7 Å².